The van der Waals surface area contributed by atoms with Gasteiger partial charge in [-0.25, -0.2) is 4.39 Å². The van der Waals surface area contributed by atoms with Crippen molar-refractivity contribution in [1.29, 1.82) is 0 Å². The third-order valence-corrected chi connectivity index (χ3v) is 2.88. The Morgan fingerprint density at radius 3 is 2.44 bits per heavy atom. The van der Waals surface area contributed by atoms with Crippen molar-refractivity contribution in [3.8, 4) is 0 Å². The second-order valence-electron chi connectivity index (χ2n) is 4.15. The summed E-state index contributed by atoms with van der Waals surface area (Å²) < 4.78 is 12.7. The molecule has 0 fully saturated rings. The van der Waals surface area contributed by atoms with Gasteiger partial charge in [0.25, 0.3) is 0 Å². The average molecular weight is 241 g/mol. The molecular weight excluding hydrogens is 221 g/mol. The van der Waals surface area contributed by atoms with Gasteiger partial charge in [-0.05, 0) is 49.9 Å². The van der Waals surface area contributed by atoms with Crippen LogP contribution in [-0.4, -0.2) is 24.2 Å². The van der Waals surface area contributed by atoms with Gasteiger partial charge in [0.2, 0.25) is 0 Å². The number of benzene rings is 1. The molecule has 0 heterocycles. The van der Waals surface area contributed by atoms with E-state index < -0.39 is 0 Å². The van der Waals surface area contributed by atoms with Crippen LogP contribution < -0.4 is 0 Å². The van der Waals surface area contributed by atoms with Gasteiger partial charge < -0.3 is 4.90 Å². The normalized spacial score (nSPS) is 11.0. The van der Waals surface area contributed by atoms with E-state index in [0.717, 1.165) is 24.4 Å². The van der Waals surface area contributed by atoms with Crippen LogP contribution in [0.25, 0.3) is 0 Å². The Balaban J connectivity index is 2.23. The van der Waals surface area contributed by atoms with Crippen molar-refractivity contribution in [3.05, 3.63) is 35.6 Å². The molecule has 1 aromatic rings. The summed E-state index contributed by atoms with van der Waals surface area (Å²) in [7, 11) is 2.10. The third kappa shape index (κ3) is 5.52. The van der Waals surface area contributed by atoms with Crippen molar-refractivity contribution in [3.63, 3.8) is 0 Å². The first-order valence-electron chi connectivity index (χ1n) is 5.76. The van der Waals surface area contributed by atoms with E-state index in [0.29, 0.717) is 0 Å². The van der Waals surface area contributed by atoms with Crippen LogP contribution in [0.4, 0.5) is 4.39 Å². The smallest absolute Gasteiger partial charge is 0.123 e. The second kappa shape index (κ2) is 7.69. The summed E-state index contributed by atoms with van der Waals surface area (Å²) in [5.41, 5.74) is 1.16. The zero-order chi connectivity index (χ0) is 11.8. The molecule has 0 atom stereocenters. The monoisotopic (exact) mass is 241 g/mol. The van der Waals surface area contributed by atoms with Crippen LogP contribution in [0.3, 0.4) is 0 Å². The van der Waals surface area contributed by atoms with Crippen LogP contribution in [0.5, 0.6) is 0 Å². The van der Waals surface area contributed by atoms with Crippen LogP contribution >= 0.6 is 12.6 Å². The fourth-order valence-electron chi connectivity index (χ4n) is 1.65. The SMILES string of the molecule is CN(CCCCCS)Cc1ccc(F)cc1. The topological polar surface area (TPSA) is 3.24 Å². The van der Waals surface area contributed by atoms with Crippen molar-refractivity contribution in [2.24, 2.45) is 0 Å². The third-order valence-electron chi connectivity index (χ3n) is 2.56. The molecule has 0 spiro atoms. The summed E-state index contributed by atoms with van der Waals surface area (Å²) >= 11 is 4.19. The molecule has 3 heteroatoms. The predicted octanol–water partition coefficient (Wildman–Crippen LogP) is 3.36. The molecule has 0 saturated carbocycles. The summed E-state index contributed by atoms with van der Waals surface area (Å²) in [4.78, 5) is 2.27. The molecule has 1 aromatic carbocycles. The highest BCUT2D eigenvalue weighted by molar-refractivity contribution is 7.80. The van der Waals surface area contributed by atoms with Gasteiger partial charge in [-0.1, -0.05) is 18.6 Å². The van der Waals surface area contributed by atoms with Gasteiger partial charge in [0.1, 0.15) is 5.82 Å². The maximum Gasteiger partial charge on any atom is 0.123 e. The van der Waals surface area contributed by atoms with Crippen LogP contribution in [0.1, 0.15) is 24.8 Å². The standard InChI is InChI=1S/C13H20FNS/c1-15(9-3-2-4-10-16)11-12-5-7-13(14)8-6-12/h5-8,16H,2-4,9-11H2,1H3. The molecular formula is C13H20FNS. The molecule has 0 amide bonds. The molecule has 0 aromatic heterocycles. The predicted molar refractivity (Wildman–Crippen MR) is 70.4 cm³/mol. The quantitative estimate of drug-likeness (QED) is 0.566. The van der Waals surface area contributed by atoms with Gasteiger partial charge in [-0.2, -0.15) is 12.6 Å². The van der Waals surface area contributed by atoms with Gasteiger partial charge in [-0.15, -0.1) is 0 Å². The first-order valence-corrected chi connectivity index (χ1v) is 6.39. The highest BCUT2D eigenvalue weighted by Gasteiger charge is 2.00. The molecule has 0 N–H and O–H groups in total. The largest absolute Gasteiger partial charge is 0.302 e. The number of halogens is 1. The van der Waals surface area contributed by atoms with Crippen molar-refractivity contribution in [1.82, 2.24) is 4.90 Å². The Kier molecular flexibility index (Phi) is 6.50. The van der Waals surface area contributed by atoms with Gasteiger partial charge >= 0.3 is 0 Å². The molecule has 0 aliphatic carbocycles. The lowest BCUT2D eigenvalue weighted by Gasteiger charge is -2.16. The van der Waals surface area contributed by atoms with E-state index in [4.69, 9.17) is 0 Å². The van der Waals surface area contributed by atoms with Crippen molar-refractivity contribution >= 4 is 12.6 Å². The Hall–Kier alpha value is -0.540. The Morgan fingerprint density at radius 1 is 1.12 bits per heavy atom. The van der Waals surface area contributed by atoms with Crippen molar-refractivity contribution < 1.29 is 4.39 Å². The van der Waals surface area contributed by atoms with Crippen LogP contribution in [-0.2, 0) is 6.54 Å². The number of unbranched alkanes of at least 4 members (excludes halogenated alkanes) is 2. The van der Waals surface area contributed by atoms with Gasteiger partial charge in [0, 0.05) is 6.54 Å². The van der Waals surface area contributed by atoms with E-state index >= 15 is 0 Å². The maximum absolute atomic E-state index is 12.7. The lowest BCUT2D eigenvalue weighted by molar-refractivity contribution is 0.318. The summed E-state index contributed by atoms with van der Waals surface area (Å²) in [5.74, 6) is 0.807. The zero-order valence-electron chi connectivity index (χ0n) is 9.82. The molecule has 0 unspecified atom stereocenters. The van der Waals surface area contributed by atoms with Crippen molar-refractivity contribution in [2.45, 2.75) is 25.8 Å². The maximum atomic E-state index is 12.7. The number of rotatable bonds is 7. The summed E-state index contributed by atoms with van der Waals surface area (Å²) in [6.45, 7) is 1.98. The molecule has 0 bridgehead atoms. The van der Waals surface area contributed by atoms with Crippen molar-refractivity contribution in [2.75, 3.05) is 19.3 Å². The number of hydrogen-bond acceptors (Lipinski definition) is 2. The van der Waals surface area contributed by atoms with Crippen LogP contribution in [0.2, 0.25) is 0 Å². The first-order chi connectivity index (χ1) is 7.72. The highest BCUT2D eigenvalue weighted by atomic mass is 32.1. The van der Waals surface area contributed by atoms with E-state index in [1.165, 1.54) is 31.4 Å². The van der Waals surface area contributed by atoms with Gasteiger partial charge in [-0.3, -0.25) is 0 Å². The van der Waals surface area contributed by atoms with E-state index in [2.05, 4.69) is 24.6 Å². The van der Waals surface area contributed by atoms with Gasteiger partial charge in [0.15, 0.2) is 0 Å². The lowest BCUT2D eigenvalue weighted by atomic mass is 10.2. The highest BCUT2D eigenvalue weighted by Crippen LogP contribution is 2.06. The molecule has 16 heavy (non-hydrogen) atoms. The summed E-state index contributed by atoms with van der Waals surface area (Å²) in [6, 6.07) is 6.73. The van der Waals surface area contributed by atoms with Crippen LogP contribution in [0, 0.1) is 5.82 Å². The lowest BCUT2D eigenvalue weighted by Crippen LogP contribution is -2.19. The molecule has 1 rings (SSSR count). The van der Waals surface area contributed by atoms with Crippen LogP contribution in [0.15, 0.2) is 24.3 Å². The second-order valence-corrected chi connectivity index (χ2v) is 4.60. The van der Waals surface area contributed by atoms with E-state index in [-0.39, 0.29) is 5.82 Å². The molecule has 90 valence electrons. The van der Waals surface area contributed by atoms with Gasteiger partial charge in [0.05, 0.1) is 0 Å². The minimum Gasteiger partial charge on any atom is -0.302 e. The first kappa shape index (κ1) is 13.5. The minimum atomic E-state index is -0.166. The number of nitrogens with zero attached hydrogens (tertiary/aromatic N) is 1. The average Bonchev–Trinajstić information content (AvgIpc) is 2.28. The fraction of sp³-hybridized carbons (Fsp3) is 0.538. The van der Waals surface area contributed by atoms with E-state index in [1.807, 2.05) is 12.1 Å². The molecule has 0 aliphatic rings. The molecule has 1 nitrogen and oxygen atoms in total. The number of hydrogen-bond donors (Lipinski definition) is 1. The summed E-state index contributed by atoms with van der Waals surface area (Å²) in [6.07, 6.45) is 3.63. The molecule has 0 aliphatic heterocycles. The number of thiol groups is 1. The summed E-state index contributed by atoms with van der Waals surface area (Å²) in [5, 5.41) is 0. The van der Waals surface area contributed by atoms with E-state index in [9.17, 15) is 4.39 Å². The van der Waals surface area contributed by atoms with E-state index in [1.54, 1.807) is 0 Å². The Morgan fingerprint density at radius 2 is 1.81 bits per heavy atom. The molecule has 0 saturated heterocycles. The Bertz CT molecular complexity index is 286. The minimum absolute atomic E-state index is 0.166. The Labute approximate surface area is 103 Å². The fourth-order valence-corrected chi connectivity index (χ4v) is 1.87. The zero-order valence-corrected chi connectivity index (χ0v) is 10.7. The molecule has 0 radical (unpaired) electrons.